The predicted molar refractivity (Wildman–Crippen MR) is 44.0 cm³/mol. The number of aliphatic hydroxyl groups is 1. The highest BCUT2D eigenvalue weighted by molar-refractivity contribution is 5.55. The first-order chi connectivity index (χ1) is 6.19. The smallest absolute Gasteiger partial charge is 0.214 e. The summed E-state index contributed by atoms with van der Waals surface area (Å²) in [6.45, 7) is 1.26. The van der Waals surface area contributed by atoms with Gasteiger partial charge in [0.15, 0.2) is 6.29 Å². The first kappa shape index (κ1) is 12.2. The number of hydrogen-bond acceptors (Lipinski definition) is 5. The Morgan fingerprint density at radius 3 is 2.31 bits per heavy atom. The van der Waals surface area contributed by atoms with Crippen LogP contribution < -0.4 is 0 Å². The van der Waals surface area contributed by atoms with Crippen LogP contribution in [0.25, 0.3) is 0 Å². The van der Waals surface area contributed by atoms with E-state index in [1.807, 2.05) is 0 Å². The van der Waals surface area contributed by atoms with Crippen LogP contribution in [0.3, 0.4) is 0 Å². The Bertz CT molecular complexity index is 159. The molecule has 0 radical (unpaired) electrons. The van der Waals surface area contributed by atoms with E-state index in [2.05, 4.69) is 4.74 Å². The fourth-order valence-corrected chi connectivity index (χ4v) is 0.736. The topological polar surface area (TPSA) is 72.8 Å². The largest absolute Gasteiger partial charge is 0.394 e. The van der Waals surface area contributed by atoms with E-state index < -0.39 is 18.3 Å². The second-order valence-corrected chi connectivity index (χ2v) is 2.59. The van der Waals surface area contributed by atoms with Gasteiger partial charge in [0.2, 0.25) is 6.29 Å². The van der Waals surface area contributed by atoms with Crippen LogP contribution in [-0.2, 0) is 19.1 Å². The van der Waals surface area contributed by atoms with Gasteiger partial charge in [0.1, 0.15) is 6.29 Å². The molecule has 0 aromatic heterocycles. The van der Waals surface area contributed by atoms with Gasteiger partial charge in [-0.1, -0.05) is 6.92 Å². The minimum absolute atomic E-state index is 0.326. The molecule has 0 fully saturated rings. The third kappa shape index (κ3) is 4.12. The summed E-state index contributed by atoms with van der Waals surface area (Å²) in [4.78, 5) is 20.6. The van der Waals surface area contributed by atoms with Crippen molar-refractivity contribution in [3.63, 3.8) is 0 Å². The molecule has 13 heavy (non-hydrogen) atoms. The highest BCUT2D eigenvalue weighted by Gasteiger charge is 2.20. The van der Waals surface area contributed by atoms with Crippen LogP contribution >= 0.6 is 0 Å². The summed E-state index contributed by atoms with van der Waals surface area (Å²) >= 11 is 0. The second kappa shape index (κ2) is 6.71. The Kier molecular flexibility index (Phi) is 6.30. The van der Waals surface area contributed by atoms with E-state index in [-0.39, 0.29) is 6.61 Å². The van der Waals surface area contributed by atoms with Crippen LogP contribution in [0.5, 0.6) is 0 Å². The Labute approximate surface area is 76.6 Å². The number of carbonyl (C=O) groups is 2. The molecule has 1 N–H and O–H groups in total. The number of aldehydes is 2. The third-order valence-corrected chi connectivity index (χ3v) is 1.63. The molecule has 0 heterocycles. The van der Waals surface area contributed by atoms with Gasteiger partial charge < -0.3 is 19.4 Å². The van der Waals surface area contributed by atoms with Crippen molar-refractivity contribution < 1.29 is 24.2 Å². The predicted octanol–water partition coefficient (Wildman–Crippen LogP) is -0.630. The summed E-state index contributed by atoms with van der Waals surface area (Å²) in [5.41, 5.74) is 0. The monoisotopic (exact) mass is 190 g/mol. The molecule has 0 amide bonds. The van der Waals surface area contributed by atoms with Gasteiger partial charge in [-0.2, -0.15) is 0 Å². The zero-order valence-electron chi connectivity index (χ0n) is 7.67. The van der Waals surface area contributed by atoms with Crippen LogP contribution in [0.15, 0.2) is 0 Å². The lowest BCUT2D eigenvalue weighted by Gasteiger charge is -2.20. The van der Waals surface area contributed by atoms with Crippen molar-refractivity contribution in [1.29, 1.82) is 0 Å². The first-order valence-corrected chi connectivity index (χ1v) is 3.89. The highest BCUT2D eigenvalue weighted by Crippen LogP contribution is 2.06. The molecule has 0 spiro atoms. The van der Waals surface area contributed by atoms with Crippen LogP contribution in [0.2, 0.25) is 0 Å². The average molecular weight is 190 g/mol. The molecule has 5 nitrogen and oxygen atoms in total. The lowest BCUT2D eigenvalue weighted by Crippen LogP contribution is -2.33. The first-order valence-electron chi connectivity index (χ1n) is 3.89. The quantitative estimate of drug-likeness (QED) is 0.427. The standard InChI is InChI=1S/C8H14O5/c1-6(3-9)7(4-10)13-8(5-11)12-2/h3,5-8,10H,4H2,1-2H3. The molecule has 0 aromatic rings. The van der Waals surface area contributed by atoms with Crippen molar-refractivity contribution in [1.82, 2.24) is 0 Å². The molecule has 0 saturated carbocycles. The van der Waals surface area contributed by atoms with E-state index in [9.17, 15) is 9.59 Å². The van der Waals surface area contributed by atoms with Crippen molar-refractivity contribution >= 4 is 12.6 Å². The lowest BCUT2D eigenvalue weighted by atomic mass is 10.1. The number of hydrogen-bond donors (Lipinski definition) is 1. The molecule has 3 unspecified atom stereocenters. The Morgan fingerprint density at radius 2 is 2.00 bits per heavy atom. The normalized spacial score (nSPS) is 17.5. The molecular formula is C8H14O5. The van der Waals surface area contributed by atoms with Crippen LogP contribution in [0, 0.1) is 5.92 Å². The number of rotatable bonds is 7. The number of methoxy groups -OCH3 is 1. The Balaban J connectivity index is 4.09. The van der Waals surface area contributed by atoms with E-state index in [1.54, 1.807) is 6.92 Å². The molecule has 0 aliphatic carbocycles. The summed E-state index contributed by atoms with van der Waals surface area (Å²) in [7, 11) is 1.30. The fourth-order valence-electron chi connectivity index (χ4n) is 0.736. The maximum absolute atomic E-state index is 10.3. The van der Waals surface area contributed by atoms with Crippen LogP contribution in [0.4, 0.5) is 0 Å². The minimum atomic E-state index is -1.03. The second-order valence-electron chi connectivity index (χ2n) is 2.59. The number of carbonyl (C=O) groups excluding carboxylic acids is 2. The van der Waals surface area contributed by atoms with Gasteiger partial charge in [-0.15, -0.1) is 0 Å². The van der Waals surface area contributed by atoms with Gasteiger partial charge in [-0.25, -0.2) is 0 Å². The zero-order chi connectivity index (χ0) is 10.3. The number of ether oxygens (including phenoxy) is 2. The summed E-state index contributed by atoms with van der Waals surface area (Å²) in [6, 6.07) is 0. The van der Waals surface area contributed by atoms with Gasteiger partial charge in [0.25, 0.3) is 0 Å². The van der Waals surface area contributed by atoms with Gasteiger partial charge in [-0.05, 0) is 0 Å². The van der Waals surface area contributed by atoms with E-state index in [0.29, 0.717) is 12.6 Å². The molecule has 3 atom stereocenters. The molecule has 0 rings (SSSR count). The van der Waals surface area contributed by atoms with Crippen molar-refractivity contribution in [3.05, 3.63) is 0 Å². The van der Waals surface area contributed by atoms with Crippen molar-refractivity contribution in [2.24, 2.45) is 5.92 Å². The van der Waals surface area contributed by atoms with Crippen molar-refractivity contribution in [3.8, 4) is 0 Å². The van der Waals surface area contributed by atoms with Crippen LogP contribution in [0.1, 0.15) is 6.92 Å². The van der Waals surface area contributed by atoms with Crippen molar-refractivity contribution in [2.45, 2.75) is 19.3 Å². The third-order valence-electron chi connectivity index (χ3n) is 1.63. The van der Waals surface area contributed by atoms with Gasteiger partial charge in [0, 0.05) is 13.0 Å². The Hall–Kier alpha value is -0.780. The summed E-state index contributed by atoms with van der Waals surface area (Å²) in [5, 5.41) is 8.81. The molecule has 0 aromatic carbocycles. The molecule has 5 heteroatoms. The molecular weight excluding hydrogens is 176 g/mol. The fraction of sp³-hybridized carbons (Fsp3) is 0.750. The summed E-state index contributed by atoms with van der Waals surface area (Å²) in [5.74, 6) is -0.470. The SMILES string of the molecule is COC(C=O)OC(CO)C(C)C=O. The van der Waals surface area contributed by atoms with E-state index in [0.717, 1.165) is 0 Å². The molecule has 0 aliphatic heterocycles. The lowest BCUT2D eigenvalue weighted by molar-refractivity contribution is -0.176. The molecule has 0 saturated heterocycles. The minimum Gasteiger partial charge on any atom is -0.394 e. The summed E-state index contributed by atoms with van der Waals surface area (Å²) < 4.78 is 9.59. The van der Waals surface area contributed by atoms with Gasteiger partial charge in [-0.3, -0.25) is 4.79 Å². The highest BCUT2D eigenvalue weighted by atomic mass is 16.7. The van der Waals surface area contributed by atoms with Crippen molar-refractivity contribution in [2.75, 3.05) is 13.7 Å². The maximum atomic E-state index is 10.3. The van der Waals surface area contributed by atoms with Gasteiger partial charge >= 0.3 is 0 Å². The molecule has 0 bridgehead atoms. The molecule has 0 aliphatic rings. The zero-order valence-corrected chi connectivity index (χ0v) is 7.67. The van der Waals surface area contributed by atoms with Crippen LogP contribution in [-0.4, -0.2) is 43.8 Å². The Morgan fingerprint density at radius 1 is 1.38 bits per heavy atom. The average Bonchev–Trinajstić information content (AvgIpc) is 2.19. The van der Waals surface area contributed by atoms with E-state index in [4.69, 9.17) is 9.84 Å². The van der Waals surface area contributed by atoms with E-state index in [1.165, 1.54) is 7.11 Å². The number of aliphatic hydroxyl groups excluding tert-OH is 1. The molecule has 76 valence electrons. The summed E-state index contributed by atoms with van der Waals surface area (Å²) in [6.07, 6.45) is -0.620. The van der Waals surface area contributed by atoms with Gasteiger partial charge in [0.05, 0.1) is 12.7 Å². The maximum Gasteiger partial charge on any atom is 0.214 e. The van der Waals surface area contributed by atoms with E-state index >= 15 is 0 Å².